The summed E-state index contributed by atoms with van der Waals surface area (Å²) in [5.41, 5.74) is 0.397. The molecule has 0 radical (unpaired) electrons. The van der Waals surface area contributed by atoms with Crippen molar-refractivity contribution in [3.05, 3.63) is 42.2 Å². The first-order chi connectivity index (χ1) is 13.1. The number of fused-ring (bicyclic) bond motifs is 1. The Morgan fingerprint density at radius 1 is 1.21 bits per heavy atom. The van der Waals surface area contributed by atoms with Crippen LogP contribution in [0.3, 0.4) is 0 Å². The maximum absolute atomic E-state index is 13.0. The Labute approximate surface area is 158 Å². The van der Waals surface area contributed by atoms with Gasteiger partial charge >= 0.3 is 18.1 Å². The largest absolute Gasteiger partial charge is 0.478 e. The number of anilines is 1. The summed E-state index contributed by atoms with van der Waals surface area (Å²) >= 11 is 0. The molecule has 7 nitrogen and oxygen atoms in total. The maximum atomic E-state index is 13.0. The lowest BCUT2D eigenvalue weighted by molar-refractivity contribution is -0.136. The highest BCUT2D eigenvalue weighted by Crippen LogP contribution is 2.39. The van der Waals surface area contributed by atoms with Gasteiger partial charge in [0.2, 0.25) is 0 Å². The highest BCUT2D eigenvalue weighted by molar-refractivity contribution is 5.92. The van der Waals surface area contributed by atoms with Crippen LogP contribution in [0.25, 0.3) is 11.0 Å². The number of nitrogens with zero attached hydrogens (tertiary/aromatic N) is 1. The average molecular weight is 400 g/mol. The summed E-state index contributed by atoms with van der Waals surface area (Å²) in [6.45, 7) is 4.41. The van der Waals surface area contributed by atoms with Crippen molar-refractivity contribution in [3.8, 4) is 0 Å². The fourth-order valence-electron chi connectivity index (χ4n) is 2.86. The molecule has 1 saturated heterocycles. The third-order valence-corrected chi connectivity index (χ3v) is 4.08. The molecule has 0 amide bonds. The highest BCUT2D eigenvalue weighted by Gasteiger charge is 2.34. The molecule has 0 bridgehead atoms. The zero-order valence-corrected chi connectivity index (χ0v) is 14.9. The van der Waals surface area contributed by atoms with Crippen molar-refractivity contribution in [3.63, 3.8) is 0 Å². The molecular weight excluding hydrogens is 381 g/mol. The van der Waals surface area contributed by atoms with Gasteiger partial charge in [0.1, 0.15) is 0 Å². The molecule has 1 atom stereocenters. The Morgan fingerprint density at radius 3 is 2.39 bits per heavy atom. The normalized spacial score (nSPS) is 17.4. The summed E-state index contributed by atoms with van der Waals surface area (Å²) in [7, 11) is 0. The van der Waals surface area contributed by atoms with Crippen molar-refractivity contribution < 1.29 is 37.4 Å². The van der Waals surface area contributed by atoms with E-state index in [1.807, 2.05) is 6.92 Å². The second-order valence-corrected chi connectivity index (χ2v) is 6.05. The molecule has 1 fully saturated rings. The van der Waals surface area contributed by atoms with Crippen molar-refractivity contribution in [1.29, 1.82) is 0 Å². The Bertz CT molecular complexity index is 860. The molecule has 0 saturated carbocycles. The first-order valence-electron chi connectivity index (χ1n) is 8.30. The number of hydrogen-bond acceptors (Lipinski definition) is 5. The number of rotatable bonds is 3. The number of piperazine rings is 1. The van der Waals surface area contributed by atoms with Gasteiger partial charge in [0, 0.05) is 43.2 Å². The Balaban J connectivity index is 0.000000300. The molecule has 0 unspecified atom stereocenters. The fourth-order valence-corrected chi connectivity index (χ4v) is 2.86. The van der Waals surface area contributed by atoms with E-state index in [0.29, 0.717) is 17.7 Å². The summed E-state index contributed by atoms with van der Waals surface area (Å²) in [5.74, 6) is -2.51. The number of alkyl halides is 3. The van der Waals surface area contributed by atoms with Gasteiger partial charge in [0.15, 0.2) is 5.58 Å². The monoisotopic (exact) mass is 400 g/mol. The van der Waals surface area contributed by atoms with E-state index in [2.05, 4.69) is 10.2 Å². The molecule has 152 valence electrons. The minimum Gasteiger partial charge on any atom is -0.478 e. The van der Waals surface area contributed by atoms with Gasteiger partial charge in [-0.25, -0.2) is 9.59 Å². The van der Waals surface area contributed by atoms with Gasteiger partial charge < -0.3 is 24.8 Å². The molecule has 0 aliphatic carbocycles. The molecule has 10 heteroatoms. The Kier molecular flexibility index (Phi) is 6.68. The van der Waals surface area contributed by atoms with Crippen LogP contribution in [-0.4, -0.2) is 47.8 Å². The molecule has 3 rings (SSSR count). The lowest BCUT2D eigenvalue weighted by Crippen LogP contribution is -2.50. The number of carbonyl (C=O) groups is 2. The van der Waals surface area contributed by atoms with Crippen LogP contribution < -0.4 is 10.2 Å². The molecule has 1 aliphatic heterocycles. The third kappa shape index (κ3) is 5.26. The quantitative estimate of drug-likeness (QED) is 0.681. The molecule has 2 heterocycles. The van der Waals surface area contributed by atoms with E-state index in [4.69, 9.17) is 14.6 Å². The van der Waals surface area contributed by atoms with Crippen LogP contribution in [0.15, 0.2) is 41.0 Å². The van der Waals surface area contributed by atoms with E-state index in [1.165, 1.54) is 18.4 Å². The molecule has 2 aromatic rings. The molecule has 1 aliphatic rings. The molecular formula is C18H19F3N2O5. The van der Waals surface area contributed by atoms with Gasteiger partial charge in [-0.15, -0.1) is 0 Å². The van der Waals surface area contributed by atoms with Crippen molar-refractivity contribution in [2.24, 2.45) is 0 Å². The van der Waals surface area contributed by atoms with Crippen LogP contribution in [0.2, 0.25) is 0 Å². The van der Waals surface area contributed by atoms with Gasteiger partial charge in [0.25, 0.3) is 0 Å². The number of carboxylic acids is 2. The summed E-state index contributed by atoms with van der Waals surface area (Å²) in [4.78, 5) is 21.2. The third-order valence-electron chi connectivity index (χ3n) is 4.08. The lowest BCUT2D eigenvalue weighted by atomic mass is 10.1. The number of nitrogens with one attached hydrogen (secondary N) is 1. The molecule has 3 N–H and O–H groups in total. The molecule has 28 heavy (non-hydrogen) atoms. The highest BCUT2D eigenvalue weighted by atomic mass is 19.4. The Morgan fingerprint density at radius 2 is 1.86 bits per heavy atom. The smallest absolute Gasteiger partial charge is 0.417 e. The van der Waals surface area contributed by atoms with Crippen molar-refractivity contribution in [1.82, 2.24) is 5.32 Å². The van der Waals surface area contributed by atoms with Crippen LogP contribution in [-0.2, 0) is 15.8 Å². The number of carboxylic acid groups (broad SMARTS) is 2. The van der Waals surface area contributed by atoms with E-state index in [-0.39, 0.29) is 11.4 Å². The number of aliphatic carboxylic acids is 2. The van der Waals surface area contributed by atoms with Crippen LogP contribution in [0.5, 0.6) is 0 Å². The van der Waals surface area contributed by atoms with Gasteiger partial charge in [-0.1, -0.05) is 0 Å². The molecule has 0 spiro atoms. The van der Waals surface area contributed by atoms with Crippen molar-refractivity contribution in [2.75, 3.05) is 24.5 Å². The summed E-state index contributed by atoms with van der Waals surface area (Å²) in [6.07, 6.45) is -1.93. The van der Waals surface area contributed by atoms with Gasteiger partial charge in [-0.05, 0) is 25.1 Å². The maximum Gasteiger partial charge on any atom is 0.417 e. The average Bonchev–Trinajstić information content (AvgIpc) is 3.09. The second-order valence-electron chi connectivity index (χ2n) is 6.05. The minimum atomic E-state index is -4.37. The number of halogens is 3. The summed E-state index contributed by atoms with van der Waals surface area (Å²) in [6, 6.07) is 4.25. The first kappa shape index (κ1) is 21.3. The van der Waals surface area contributed by atoms with Gasteiger partial charge in [-0.2, -0.15) is 13.2 Å². The standard InChI is InChI=1S/C14H15F3N2O.C4H4O4/c1-9-8-18-5-6-19(9)12-3-2-11(14(15,16)17)10-4-7-20-13(10)12;5-3(6)1-2-4(7)8/h2-4,7,9,18H,5-6,8H2,1H3;1-2H,(H,5,6)(H,7,8)/b;2-1+/t9-;/m0./s1. The second kappa shape index (κ2) is 8.79. The predicted octanol–water partition coefficient (Wildman–Crippen LogP) is 2.96. The van der Waals surface area contributed by atoms with Crippen LogP contribution >= 0.6 is 0 Å². The molecule has 1 aromatic heterocycles. The SMILES string of the molecule is C[C@H]1CNCCN1c1ccc(C(F)(F)F)c2ccoc12.O=C(O)/C=C/C(=O)O. The van der Waals surface area contributed by atoms with Gasteiger partial charge in [0.05, 0.1) is 17.5 Å². The number of hydrogen-bond donors (Lipinski definition) is 3. The van der Waals surface area contributed by atoms with E-state index in [0.717, 1.165) is 31.4 Å². The lowest BCUT2D eigenvalue weighted by Gasteiger charge is -2.36. The number of furan rings is 1. The van der Waals surface area contributed by atoms with E-state index < -0.39 is 23.7 Å². The topological polar surface area (TPSA) is 103 Å². The first-order valence-corrected chi connectivity index (χ1v) is 8.30. The van der Waals surface area contributed by atoms with E-state index in [1.54, 1.807) is 0 Å². The van der Waals surface area contributed by atoms with Crippen LogP contribution in [0.4, 0.5) is 18.9 Å². The van der Waals surface area contributed by atoms with Crippen molar-refractivity contribution >= 4 is 28.6 Å². The summed E-state index contributed by atoms with van der Waals surface area (Å²) in [5, 5.41) is 19.0. The van der Waals surface area contributed by atoms with Crippen LogP contribution in [0, 0.1) is 0 Å². The zero-order chi connectivity index (χ0) is 20.9. The van der Waals surface area contributed by atoms with Crippen molar-refractivity contribution in [2.45, 2.75) is 19.1 Å². The Hall–Kier alpha value is -3.01. The fraction of sp³-hybridized carbons (Fsp3) is 0.333. The predicted molar refractivity (Wildman–Crippen MR) is 95.3 cm³/mol. The van der Waals surface area contributed by atoms with Gasteiger partial charge in [-0.3, -0.25) is 0 Å². The molecule has 1 aromatic carbocycles. The summed E-state index contributed by atoms with van der Waals surface area (Å²) < 4.78 is 44.3. The van der Waals surface area contributed by atoms with Crippen LogP contribution in [0.1, 0.15) is 12.5 Å². The number of benzene rings is 1. The zero-order valence-electron chi connectivity index (χ0n) is 14.9. The van der Waals surface area contributed by atoms with E-state index in [9.17, 15) is 22.8 Å². The minimum absolute atomic E-state index is 0.126. The van der Waals surface area contributed by atoms with E-state index >= 15 is 0 Å².